The zero-order valence-electron chi connectivity index (χ0n) is 11.4. The van der Waals surface area contributed by atoms with Crippen LogP contribution in [-0.2, 0) is 19.3 Å². The minimum Gasteiger partial charge on any atom is -0.334 e. The average Bonchev–Trinajstić information content (AvgIpc) is 3.05. The summed E-state index contributed by atoms with van der Waals surface area (Å²) in [5.41, 5.74) is 3.93. The fourth-order valence-corrected chi connectivity index (χ4v) is 2.53. The molecule has 0 bridgehead atoms. The van der Waals surface area contributed by atoms with Crippen LogP contribution in [0, 0.1) is 0 Å². The molecule has 1 unspecified atom stereocenters. The molecule has 4 nitrogen and oxygen atoms in total. The minimum atomic E-state index is 0.352. The number of rotatable bonds is 4. The third kappa shape index (κ3) is 2.54. The fraction of sp³-hybridized carbons (Fsp3) is 0.467. The standard InChI is InChI=1S/C15H19N3O/c1-10(16-2)8-14-17-15(19-18-14)13-7-6-11-4-3-5-12(11)9-13/h6-7,9-10,16H,3-5,8H2,1-2H3. The number of nitrogens with one attached hydrogen (secondary N) is 1. The highest BCUT2D eigenvalue weighted by Gasteiger charge is 2.15. The van der Waals surface area contributed by atoms with Crippen LogP contribution in [0.1, 0.15) is 30.3 Å². The molecule has 0 spiro atoms. The summed E-state index contributed by atoms with van der Waals surface area (Å²) in [6, 6.07) is 6.83. The fourth-order valence-electron chi connectivity index (χ4n) is 2.53. The van der Waals surface area contributed by atoms with Gasteiger partial charge in [0.25, 0.3) is 5.89 Å². The maximum absolute atomic E-state index is 5.37. The number of aryl methyl sites for hydroxylation is 2. The summed E-state index contributed by atoms with van der Waals surface area (Å²) < 4.78 is 5.37. The van der Waals surface area contributed by atoms with Gasteiger partial charge in [-0.2, -0.15) is 4.98 Å². The molecule has 1 aromatic carbocycles. The van der Waals surface area contributed by atoms with Gasteiger partial charge in [0.2, 0.25) is 0 Å². The van der Waals surface area contributed by atoms with E-state index in [0.717, 1.165) is 17.8 Å². The molecule has 2 aromatic rings. The molecule has 1 aliphatic rings. The molecular weight excluding hydrogens is 238 g/mol. The van der Waals surface area contributed by atoms with Gasteiger partial charge in [-0.25, -0.2) is 0 Å². The van der Waals surface area contributed by atoms with Gasteiger partial charge in [0, 0.05) is 18.0 Å². The van der Waals surface area contributed by atoms with Crippen LogP contribution in [0.25, 0.3) is 11.5 Å². The first kappa shape index (κ1) is 12.4. The third-order valence-electron chi connectivity index (χ3n) is 3.80. The number of hydrogen-bond donors (Lipinski definition) is 1. The summed E-state index contributed by atoms with van der Waals surface area (Å²) >= 11 is 0. The van der Waals surface area contributed by atoms with Crippen LogP contribution in [-0.4, -0.2) is 23.2 Å². The Labute approximate surface area is 113 Å². The number of likely N-dealkylation sites (N-methyl/N-ethyl adjacent to an activating group) is 1. The normalized spacial score (nSPS) is 15.5. The van der Waals surface area contributed by atoms with Crippen molar-refractivity contribution in [3.8, 4) is 11.5 Å². The highest BCUT2D eigenvalue weighted by atomic mass is 16.5. The molecule has 1 heterocycles. The predicted molar refractivity (Wildman–Crippen MR) is 74.0 cm³/mol. The zero-order valence-corrected chi connectivity index (χ0v) is 11.4. The predicted octanol–water partition coefficient (Wildman–Crippen LogP) is 2.38. The van der Waals surface area contributed by atoms with E-state index in [1.165, 1.54) is 30.4 Å². The molecule has 0 saturated heterocycles. The van der Waals surface area contributed by atoms with Gasteiger partial charge in [-0.05, 0) is 56.5 Å². The van der Waals surface area contributed by atoms with E-state index >= 15 is 0 Å². The zero-order chi connectivity index (χ0) is 13.2. The van der Waals surface area contributed by atoms with Gasteiger partial charge in [-0.1, -0.05) is 11.2 Å². The van der Waals surface area contributed by atoms with E-state index in [1.807, 2.05) is 7.05 Å². The lowest BCUT2D eigenvalue weighted by Gasteiger charge is -2.04. The van der Waals surface area contributed by atoms with Crippen LogP contribution >= 0.6 is 0 Å². The smallest absolute Gasteiger partial charge is 0.257 e. The van der Waals surface area contributed by atoms with E-state index < -0.39 is 0 Å². The van der Waals surface area contributed by atoms with Crippen LogP contribution in [0.15, 0.2) is 22.7 Å². The number of aromatic nitrogens is 2. The summed E-state index contributed by atoms with van der Waals surface area (Å²) in [7, 11) is 1.94. The van der Waals surface area contributed by atoms with Gasteiger partial charge in [0.05, 0.1) is 0 Å². The Morgan fingerprint density at radius 1 is 1.32 bits per heavy atom. The number of benzene rings is 1. The summed E-state index contributed by atoms with van der Waals surface area (Å²) in [6.07, 6.45) is 4.41. The van der Waals surface area contributed by atoms with Crippen LogP contribution in [0.5, 0.6) is 0 Å². The SMILES string of the molecule is CNC(C)Cc1noc(-c2ccc3c(c2)CCC3)n1. The van der Waals surface area contributed by atoms with Crippen molar-refractivity contribution in [1.29, 1.82) is 0 Å². The maximum atomic E-state index is 5.37. The molecule has 4 heteroatoms. The van der Waals surface area contributed by atoms with Crippen molar-refractivity contribution in [2.24, 2.45) is 0 Å². The average molecular weight is 257 g/mol. The van der Waals surface area contributed by atoms with Crippen LogP contribution in [0.4, 0.5) is 0 Å². The summed E-state index contributed by atoms with van der Waals surface area (Å²) in [4.78, 5) is 4.48. The Morgan fingerprint density at radius 3 is 3.00 bits per heavy atom. The molecule has 1 aliphatic carbocycles. The molecular formula is C15H19N3O. The van der Waals surface area contributed by atoms with Crippen molar-refractivity contribution in [2.45, 2.75) is 38.6 Å². The Balaban J connectivity index is 1.82. The van der Waals surface area contributed by atoms with Gasteiger partial charge in [-0.3, -0.25) is 0 Å². The summed E-state index contributed by atoms with van der Waals surface area (Å²) in [6.45, 7) is 2.10. The number of nitrogens with zero attached hydrogens (tertiary/aromatic N) is 2. The van der Waals surface area contributed by atoms with Crippen LogP contribution in [0.3, 0.4) is 0 Å². The minimum absolute atomic E-state index is 0.352. The van der Waals surface area contributed by atoms with Crippen LogP contribution < -0.4 is 5.32 Å². The van der Waals surface area contributed by atoms with E-state index in [2.05, 4.69) is 40.6 Å². The molecule has 0 fully saturated rings. The Morgan fingerprint density at radius 2 is 2.16 bits per heavy atom. The van der Waals surface area contributed by atoms with Gasteiger partial charge in [0.1, 0.15) is 0 Å². The summed E-state index contributed by atoms with van der Waals surface area (Å²) in [5, 5.41) is 7.22. The first-order valence-corrected chi connectivity index (χ1v) is 6.88. The largest absolute Gasteiger partial charge is 0.334 e. The van der Waals surface area contributed by atoms with Crippen molar-refractivity contribution < 1.29 is 4.52 Å². The molecule has 0 amide bonds. The molecule has 1 N–H and O–H groups in total. The van der Waals surface area contributed by atoms with Gasteiger partial charge in [-0.15, -0.1) is 0 Å². The second-order valence-electron chi connectivity index (χ2n) is 5.25. The Bertz CT molecular complexity index is 577. The second kappa shape index (κ2) is 5.13. The van der Waals surface area contributed by atoms with Crippen molar-refractivity contribution in [3.63, 3.8) is 0 Å². The van der Waals surface area contributed by atoms with E-state index in [-0.39, 0.29) is 0 Å². The van der Waals surface area contributed by atoms with E-state index in [1.54, 1.807) is 0 Å². The molecule has 1 aromatic heterocycles. The highest BCUT2D eigenvalue weighted by molar-refractivity contribution is 5.56. The lowest BCUT2D eigenvalue weighted by molar-refractivity contribution is 0.418. The maximum Gasteiger partial charge on any atom is 0.257 e. The van der Waals surface area contributed by atoms with E-state index in [4.69, 9.17) is 4.52 Å². The van der Waals surface area contributed by atoms with Crippen molar-refractivity contribution >= 4 is 0 Å². The Hall–Kier alpha value is -1.68. The first-order chi connectivity index (χ1) is 9.26. The van der Waals surface area contributed by atoms with Gasteiger partial charge < -0.3 is 9.84 Å². The van der Waals surface area contributed by atoms with Crippen molar-refractivity contribution in [1.82, 2.24) is 15.5 Å². The molecule has 0 radical (unpaired) electrons. The monoisotopic (exact) mass is 257 g/mol. The second-order valence-corrected chi connectivity index (χ2v) is 5.25. The lowest BCUT2D eigenvalue weighted by atomic mass is 10.1. The highest BCUT2D eigenvalue weighted by Crippen LogP contribution is 2.27. The molecule has 1 atom stereocenters. The molecule has 19 heavy (non-hydrogen) atoms. The molecule has 0 saturated carbocycles. The molecule has 0 aliphatic heterocycles. The van der Waals surface area contributed by atoms with E-state index in [9.17, 15) is 0 Å². The van der Waals surface area contributed by atoms with Crippen LogP contribution in [0.2, 0.25) is 0 Å². The summed E-state index contributed by atoms with van der Waals surface area (Å²) in [5.74, 6) is 1.39. The lowest BCUT2D eigenvalue weighted by Crippen LogP contribution is -2.24. The Kier molecular flexibility index (Phi) is 3.34. The molecule has 3 rings (SSSR count). The van der Waals surface area contributed by atoms with Crippen molar-refractivity contribution in [3.05, 3.63) is 35.2 Å². The van der Waals surface area contributed by atoms with Gasteiger partial charge in [0.15, 0.2) is 5.82 Å². The van der Waals surface area contributed by atoms with E-state index in [0.29, 0.717) is 11.9 Å². The number of fused-ring (bicyclic) bond motifs is 1. The molecule has 100 valence electrons. The van der Waals surface area contributed by atoms with Crippen molar-refractivity contribution in [2.75, 3.05) is 7.05 Å². The topological polar surface area (TPSA) is 51.0 Å². The van der Waals surface area contributed by atoms with Gasteiger partial charge >= 0.3 is 0 Å². The quantitative estimate of drug-likeness (QED) is 0.913. The first-order valence-electron chi connectivity index (χ1n) is 6.88. The number of hydrogen-bond acceptors (Lipinski definition) is 4. The third-order valence-corrected chi connectivity index (χ3v) is 3.80.